The average molecular weight is 292 g/mol. The van der Waals surface area contributed by atoms with Crippen molar-refractivity contribution in [3.63, 3.8) is 0 Å². The quantitative estimate of drug-likeness (QED) is 0.875. The third kappa shape index (κ3) is 3.76. The molecule has 84 valence electrons. The molecule has 4 heteroatoms. The second-order valence-corrected chi connectivity index (χ2v) is 4.68. The van der Waals surface area contributed by atoms with E-state index in [2.05, 4.69) is 28.2 Å². The minimum atomic E-state index is 0.190. The molecular formula is C11H16BrClN2. The van der Waals surface area contributed by atoms with Crippen LogP contribution in [-0.2, 0) is 0 Å². The molecule has 1 unspecified atom stereocenters. The Morgan fingerprint density at radius 1 is 1.53 bits per heavy atom. The highest BCUT2D eigenvalue weighted by Crippen LogP contribution is 2.25. The van der Waals surface area contributed by atoms with Gasteiger partial charge in [-0.15, -0.1) is 0 Å². The molecule has 0 aliphatic rings. The first-order valence-electron chi connectivity index (χ1n) is 5.07. The fourth-order valence-electron chi connectivity index (χ4n) is 1.38. The number of rotatable bonds is 5. The first-order chi connectivity index (χ1) is 7.19. The van der Waals surface area contributed by atoms with Gasteiger partial charge in [0.2, 0.25) is 0 Å². The van der Waals surface area contributed by atoms with Crippen molar-refractivity contribution in [2.24, 2.45) is 5.73 Å². The summed E-state index contributed by atoms with van der Waals surface area (Å²) in [5, 5.41) is 4.11. The van der Waals surface area contributed by atoms with Gasteiger partial charge < -0.3 is 11.1 Å². The normalized spacial score (nSPS) is 12.8. The zero-order valence-electron chi connectivity index (χ0n) is 8.76. The van der Waals surface area contributed by atoms with E-state index in [9.17, 15) is 0 Å². The van der Waals surface area contributed by atoms with Crippen LogP contribution in [0.5, 0.6) is 0 Å². The van der Waals surface area contributed by atoms with E-state index < -0.39 is 0 Å². The molecule has 0 saturated heterocycles. The molecule has 3 N–H and O–H groups in total. The minimum absolute atomic E-state index is 0.190. The standard InChI is InChI=1S/C11H16BrClN2/c1-2-5-15-11(7-14)8-3-4-9(12)10(13)6-8/h3-4,6,11,15H,2,5,7,14H2,1H3. The Labute approximate surface area is 104 Å². The van der Waals surface area contributed by atoms with Gasteiger partial charge in [-0.3, -0.25) is 0 Å². The Morgan fingerprint density at radius 3 is 2.80 bits per heavy atom. The maximum absolute atomic E-state index is 6.03. The molecule has 0 fully saturated rings. The van der Waals surface area contributed by atoms with E-state index in [4.69, 9.17) is 17.3 Å². The molecule has 1 atom stereocenters. The van der Waals surface area contributed by atoms with Gasteiger partial charge in [-0.25, -0.2) is 0 Å². The van der Waals surface area contributed by atoms with Gasteiger partial charge in [-0.2, -0.15) is 0 Å². The molecule has 0 heterocycles. The number of hydrogen-bond donors (Lipinski definition) is 2. The van der Waals surface area contributed by atoms with Crippen LogP contribution in [0, 0.1) is 0 Å². The predicted octanol–water partition coefficient (Wildman–Crippen LogP) is 3.10. The number of nitrogens with one attached hydrogen (secondary N) is 1. The minimum Gasteiger partial charge on any atom is -0.329 e. The van der Waals surface area contributed by atoms with Gasteiger partial charge in [-0.05, 0) is 46.6 Å². The molecule has 0 amide bonds. The van der Waals surface area contributed by atoms with Crippen molar-refractivity contribution in [3.8, 4) is 0 Å². The molecule has 0 bridgehead atoms. The average Bonchev–Trinajstić information content (AvgIpc) is 2.24. The topological polar surface area (TPSA) is 38.0 Å². The summed E-state index contributed by atoms with van der Waals surface area (Å²) in [6.07, 6.45) is 1.10. The maximum atomic E-state index is 6.03. The number of halogens is 2. The lowest BCUT2D eigenvalue weighted by Crippen LogP contribution is -2.28. The molecule has 0 aliphatic carbocycles. The molecule has 15 heavy (non-hydrogen) atoms. The molecule has 1 aromatic carbocycles. The van der Waals surface area contributed by atoms with Crippen LogP contribution in [-0.4, -0.2) is 13.1 Å². The molecule has 0 saturated carbocycles. The lowest BCUT2D eigenvalue weighted by Gasteiger charge is -2.17. The molecular weight excluding hydrogens is 275 g/mol. The van der Waals surface area contributed by atoms with E-state index in [1.54, 1.807) is 0 Å². The van der Waals surface area contributed by atoms with Crippen LogP contribution in [0.2, 0.25) is 5.02 Å². The molecule has 1 aromatic rings. The number of hydrogen-bond acceptors (Lipinski definition) is 2. The van der Waals surface area contributed by atoms with E-state index >= 15 is 0 Å². The van der Waals surface area contributed by atoms with Crippen molar-refractivity contribution in [2.75, 3.05) is 13.1 Å². The lowest BCUT2D eigenvalue weighted by molar-refractivity contribution is 0.540. The van der Waals surface area contributed by atoms with Gasteiger partial charge >= 0.3 is 0 Å². The Kier molecular flexibility index (Phi) is 5.61. The smallest absolute Gasteiger partial charge is 0.0551 e. The van der Waals surface area contributed by atoms with E-state index in [-0.39, 0.29) is 6.04 Å². The van der Waals surface area contributed by atoms with Crippen LogP contribution in [0.4, 0.5) is 0 Å². The van der Waals surface area contributed by atoms with Crippen LogP contribution in [0.1, 0.15) is 24.9 Å². The largest absolute Gasteiger partial charge is 0.329 e. The third-order valence-electron chi connectivity index (χ3n) is 2.22. The van der Waals surface area contributed by atoms with Gasteiger partial charge in [0.05, 0.1) is 5.02 Å². The van der Waals surface area contributed by atoms with E-state index in [1.807, 2.05) is 18.2 Å². The Balaban J connectivity index is 2.78. The molecule has 0 aromatic heterocycles. The number of benzene rings is 1. The summed E-state index contributed by atoms with van der Waals surface area (Å²) in [6, 6.07) is 6.13. The summed E-state index contributed by atoms with van der Waals surface area (Å²) in [6.45, 7) is 3.68. The van der Waals surface area contributed by atoms with Crippen molar-refractivity contribution in [3.05, 3.63) is 33.3 Å². The van der Waals surface area contributed by atoms with Gasteiger partial charge in [0.25, 0.3) is 0 Å². The van der Waals surface area contributed by atoms with Crippen LogP contribution in [0.15, 0.2) is 22.7 Å². The van der Waals surface area contributed by atoms with Crippen LogP contribution >= 0.6 is 27.5 Å². The fraction of sp³-hybridized carbons (Fsp3) is 0.455. The van der Waals surface area contributed by atoms with Crippen LogP contribution < -0.4 is 11.1 Å². The highest BCUT2D eigenvalue weighted by Gasteiger charge is 2.09. The third-order valence-corrected chi connectivity index (χ3v) is 3.45. The lowest BCUT2D eigenvalue weighted by atomic mass is 10.1. The summed E-state index contributed by atoms with van der Waals surface area (Å²) >= 11 is 9.40. The first kappa shape index (κ1) is 13.0. The van der Waals surface area contributed by atoms with Crippen molar-refractivity contribution < 1.29 is 0 Å². The zero-order valence-corrected chi connectivity index (χ0v) is 11.1. The monoisotopic (exact) mass is 290 g/mol. The second-order valence-electron chi connectivity index (χ2n) is 3.42. The van der Waals surface area contributed by atoms with Crippen molar-refractivity contribution in [2.45, 2.75) is 19.4 Å². The van der Waals surface area contributed by atoms with E-state index in [1.165, 1.54) is 0 Å². The summed E-state index contributed by atoms with van der Waals surface area (Å²) in [5.74, 6) is 0. The van der Waals surface area contributed by atoms with E-state index in [0.717, 1.165) is 28.0 Å². The first-order valence-corrected chi connectivity index (χ1v) is 6.24. The Morgan fingerprint density at radius 2 is 2.27 bits per heavy atom. The van der Waals surface area contributed by atoms with Crippen molar-refractivity contribution in [1.82, 2.24) is 5.32 Å². The van der Waals surface area contributed by atoms with Crippen molar-refractivity contribution >= 4 is 27.5 Å². The van der Waals surface area contributed by atoms with Gasteiger partial charge in [-0.1, -0.05) is 24.6 Å². The molecule has 0 spiro atoms. The Hall–Kier alpha value is -0.0900. The maximum Gasteiger partial charge on any atom is 0.0551 e. The molecule has 1 rings (SSSR count). The second kappa shape index (κ2) is 6.48. The summed E-state index contributed by atoms with van der Waals surface area (Å²) < 4.78 is 0.916. The van der Waals surface area contributed by atoms with Gasteiger partial charge in [0, 0.05) is 17.1 Å². The highest BCUT2D eigenvalue weighted by atomic mass is 79.9. The highest BCUT2D eigenvalue weighted by molar-refractivity contribution is 9.10. The predicted molar refractivity (Wildman–Crippen MR) is 69.2 cm³/mol. The summed E-state index contributed by atoms with van der Waals surface area (Å²) in [5.41, 5.74) is 6.85. The van der Waals surface area contributed by atoms with Gasteiger partial charge in [0.15, 0.2) is 0 Å². The summed E-state index contributed by atoms with van der Waals surface area (Å²) in [7, 11) is 0. The van der Waals surface area contributed by atoms with Crippen LogP contribution in [0.3, 0.4) is 0 Å². The Bertz CT molecular complexity index is 317. The van der Waals surface area contributed by atoms with Gasteiger partial charge in [0.1, 0.15) is 0 Å². The van der Waals surface area contributed by atoms with Crippen LogP contribution in [0.25, 0.3) is 0 Å². The molecule has 0 radical (unpaired) electrons. The van der Waals surface area contributed by atoms with E-state index in [0.29, 0.717) is 6.54 Å². The molecule has 0 aliphatic heterocycles. The molecule has 2 nitrogen and oxygen atoms in total. The zero-order chi connectivity index (χ0) is 11.3. The summed E-state index contributed by atoms with van der Waals surface area (Å²) in [4.78, 5) is 0. The fourth-order valence-corrected chi connectivity index (χ4v) is 1.82. The SMILES string of the molecule is CCCNC(CN)c1ccc(Br)c(Cl)c1. The van der Waals surface area contributed by atoms with Crippen molar-refractivity contribution in [1.29, 1.82) is 0 Å². The number of nitrogens with two attached hydrogens (primary N) is 1.